The Hall–Kier alpha value is -2.51. The Labute approximate surface area is 132 Å². The van der Waals surface area contributed by atoms with E-state index in [1.807, 2.05) is 0 Å². The molecule has 8 heteroatoms. The lowest BCUT2D eigenvalue weighted by Gasteiger charge is -2.23. The van der Waals surface area contributed by atoms with E-state index >= 15 is 0 Å². The number of hydrogen-bond donors (Lipinski definition) is 0. The summed E-state index contributed by atoms with van der Waals surface area (Å²) in [6, 6.07) is 2.16. The molecule has 0 spiro atoms. The molecule has 8 nitrogen and oxygen atoms in total. The number of carbonyl (C=O) groups is 1. The van der Waals surface area contributed by atoms with E-state index in [1.54, 1.807) is 6.92 Å². The number of nitro groups is 2. The van der Waals surface area contributed by atoms with E-state index in [1.165, 1.54) is 6.07 Å². The second kappa shape index (κ2) is 7.17. The van der Waals surface area contributed by atoms with Crippen LogP contribution in [-0.4, -0.2) is 15.8 Å². The van der Waals surface area contributed by atoms with Crippen molar-refractivity contribution in [3.8, 4) is 5.75 Å². The molecule has 0 saturated heterocycles. The van der Waals surface area contributed by atoms with Crippen molar-refractivity contribution < 1.29 is 19.4 Å². The smallest absolute Gasteiger partial charge is 0.318 e. The second-order valence-electron chi connectivity index (χ2n) is 5.56. The second-order valence-corrected chi connectivity index (χ2v) is 5.56. The molecule has 2 rings (SSSR count). The molecule has 1 saturated carbocycles. The zero-order chi connectivity index (χ0) is 17.0. The topological polar surface area (TPSA) is 113 Å². The highest BCUT2D eigenvalue weighted by atomic mass is 16.6. The van der Waals surface area contributed by atoms with Gasteiger partial charge in [-0.2, -0.15) is 0 Å². The molecular weight excluding hydrogens is 304 g/mol. The van der Waals surface area contributed by atoms with E-state index in [9.17, 15) is 25.0 Å². The first-order chi connectivity index (χ1) is 10.9. The summed E-state index contributed by atoms with van der Waals surface area (Å²) in [5.74, 6) is -0.805. The predicted octanol–water partition coefficient (Wildman–Crippen LogP) is 3.87. The zero-order valence-corrected chi connectivity index (χ0v) is 12.8. The number of nitrogens with zero attached hydrogens (tertiary/aromatic N) is 2. The van der Waals surface area contributed by atoms with Crippen molar-refractivity contribution in [1.82, 2.24) is 0 Å². The third-order valence-electron chi connectivity index (χ3n) is 4.04. The molecule has 0 amide bonds. The third kappa shape index (κ3) is 3.82. The Morgan fingerprint density at radius 3 is 2.35 bits per heavy atom. The van der Waals surface area contributed by atoms with Gasteiger partial charge in [-0.15, -0.1) is 0 Å². The van der Waals surface area contributed by atoms with E-state index in [4.69, 9.17) is 4.74 Å². The summed E-state index contributed by atoms with van der Waals surface area (Å²) in [5.41, 5.74) is -0.484. The van der Waals surface area contributed by atoms with Crippen LogP contribution in [0, 0.1) is 20.2 Å². The van der Waals surface area contributed by atoms with Gasteiger partial charge in [0.2, 0.25) is 5.75 Å². The molecule has 0 unspecified atom stereocenters. The average molecular weight is 322 g/mol. The van der Waals surface area contributed by atoms with Crippen molar-refractivity contribution in [2.75, 3.05) is 0 Å². The van der Waals surface area contributed by atoms with Gasteiger partial charge >= 0.3 is 11.7 Å². The van der Waals surface area contributed by atoms with Crippen molar-refractivity contribution in [2.24, 2.45) is 0 Å². The molecular formula is C15H18N2O6. The van der Waals surface area contributed by atoms with Crippen LogP contribution >= 0.6 is 0 Å². The SMILES string of the molecule is CCC(=O)Oc1c(C2CCCCC2)cc([N+](=O)[O-])cc1[N+](=O)[O-]. The lowest BCUT2D eigenvalue weighted by atomic mass is 9.83. The molecule has 0 aromatic heterocycles. The summed E-state index contributed by atoms with van der Waals surface area (Å²) in [4.78, 5) is 32.6. The van der Waals surface area contributed by atoms with E-state index in [2.05, 4.69) is 0 Å². The van der Waals surface area contributed by atoms with Gasteiger partial charge in [-0.1, -0.05) is 26.2 Å². The van der Waals surface area contributed by atoms with Crippen LogP contribution in [0.5, 0.6) is 5.75 Å². The number of benzene rings is 1. The van der Waals surface area contributed by atoms with Crippen LogP contribution in [0.25, 0.3) is 0 Å². The van der Waals surface area contributed by atoms with Crippen LogP contribution in [-0.2, 0) is 4.79 Å². The lowest BCUT2D eigenvalue weighted by molar-refractivity contribution is -0.394. The van der Waals surface area contributed by atoms with Crippen molar-refractivity contribution in [3.63, 3.8) is 0 Å². The number of nitro benzene ring substituents is 2. The molecule has 1 fully saturated rings. The number of ether oxygens (including phenoxy) is 1. The van der Waals surface area contributed by atoms with Gasteiger partial charge in [0.15, 0.2) is 0 Å². The Kier molecular flexibility index (Phi) is 5.25. The number of hydrogen-bond acceptors (Lipinski definition) is 6. The van der Waals surface area contributed by atoms with Crippen LogP contribution in [0.4, 0.5) is 11.4 Å². The average Bonchev–Trinajstić information content (AvgIpc) is 2.55. The van der Waals surface area contributed by atoms with Gasteiger partial charge in [0, 0.05) is 18.1 Å². The number of rotatable bonds is 5. The number of carbonyl (C=O) groups excluding carboxylic acids is 1. The van der Waals surface area contributed by atoms with Gasteiger partial charge < -0.3 is 4.74 Å². The summed E-state index contributed by atoms with van der Waals surface area (Å²) < 4.78 is 5.17. The van der Waals surface area contributed by atoms with E-state index < -0.39 is 21.5 Å². The number of non-ortho nitro benzene ring substituents is 1. The molecule has 0 N–H and O–H groups in total. The minimum Gasteiger partial charge on any atom is -0.419 e. The molecule has 0 bridgehead atoms. The van der Waals surface area contributed by atoms with Gasteiger partial charge in [-0.25, -0.2) is 0 Å². The lowest BCUT2D eigenvalue weighted by Crippen LogP contribution is -2.13. The summed E-state index contributed by atoms with van der Waals surface area (Å²) in [6.07, 6.45) is 4.57. The Morgan fingerprint density at radius 1 is 1.17 bits per heavy atom. The minimum atomic E-state index is -0.738. The van der Waals surface area contributed by atoms with E-state index in [-0.39, 0.29) is 23.8 Å². The molecule has 0 heterocycles. The standard InChI is InChI=1S/C15H18N2O6/c1-2-14(18)23-15-12(10-6-4-3-5-7-10)8-11(16(19)20)9-13(15)17(21)22/h8-10H,2-7H2,1H3. The van der Waals surface area contributed by atoms with Crippen LogP contribution < -0.4 is 4.74 Å². The maximum Gasteiger partial charge on any atom is 0.318 e. The fourth-order valence-corrected chi connectivity index (χ4v) is 2.88. The van der Waals surface area contributed by atoms with Gasteiger partial charge in [0.05, 0.1) is 15.9 Å². The normalized spacial score (nSPS) is 15.2. The molecule has 0 aliphatic heterocycles. The van der Waals surface area contributed by atoms with Crippen LogP contribution in [0.1, 0.15) is 56.9 Å². The molecule has 23 heavy (non-hydrogen) atoms. The van der Waals surface area contributed by atoms with E-state index in [0.717, 1.165) is 38.2 Å². The van der Waals surface area contributed by atoms with Crippen molar-refractivity contribution in [3.05, 3.63) is 37.9 Å². The first-order valence-electron chi connectivity index (χ1n) is 7.61. The molecule has 0 radical (unpaired) electrons. The van der Waals surface area contributed by atoms with Crippen LogP contribution in [0.3, 0.4) is 0 Å². The quantitative estimate of drug-likeness (QED) is 0.352. The molecule has 1 aromatic rings. The van der Waals surface area contributed by atoms with E-state index in [0.29, 0.717) is 5.56 Å². The van der Waals surface area contributed by atoms with Crippen molar-refractivity contribution in [2.45, 2.75) is 51.4 Å². The molecule has 1 aromatic carbocycles. The fraction of sp³-hybridized carbons (Fsp3) is 0.533. The molecule has 1 aliphatic carbocycles. The van der Waals surface area contributed by atoms with Crippen molar-refractivity contribution >= 4 is 17.3 Å². The Bertz CT molecular complexity index is 637. The van der Waals surface area contributed by atoms with Gasteiger partial charge in [-0.3, -0.25) is 25.0 Å². The highest BCUT2D eigenvalue weighted by molar-refractivity contribution is 5.75. The highest BCUT2D eigenvalue weighted by Crippen LogP contribution is 2.44. The summed E-state index contributed by atoms with van der Waals surface area (Å²) in [7, 11) is 0. The minimum absolute atomic E-state index is 0.0676. The number of esters is 1. The largest absolute Gasteiger partial charge is 0.419 e. The summed E-state index contributed by atoms with van der Waals surface area (Å²) >= 11 is 0. The van der Waals surface area contributed by atoms with Crippen molar-refractivity contribution in [1.29, 1.82) is 0 Å². The van der Waals surface area contributed by atoms with Crippen LogP contribution in [0.15, 0.2) is 12.1 Å². The van der Waals surface area contributed by atoms with Gasteiger partial charge in [-0.05, 0) is 18.8 Å². The summed E-state index contributed by atoms with van der Waals surface area (Å²) in [5, 5.41) is 22.4. The predicted molar refractivity (Wildman–Crippen MR) is 81.5 cm³/mol. The fourth-order valence-electron chi connectivity index (χ4n) is 2.88. The maximum atomic E-state index is 11.6. The maximum absolute atomic E-state index is 11.6. The monoisotopic (exact) mass is 322 g/mol. The van der Waals surface area contributed by atoms with Gasteiger partial charge in [0.1, 0.15) is 0 Å². The summed E-state index contributed by atoms with van der Waals surface area (Å²) in [6.45, 7) is 1.58. The first kappa shape index (κ1) is 16.9. The highest BCUT2D eigenvalue weighted by Gasteiger charge is 2.31. The molecule has 1 aliphatic rings. The van der Waals surface area contributed by atoms with Gasteiger partial charge in [0.25, 0.3) is 5.69 Å². The first-order valence-corrected chi connectivity index (χ1v) is 7.61. The van der Waals surface area contributed by atoms with Crippen LogP contribution in [0.2, 0.25) is 0 Å². The third-order valence-corrected chi connectivity index (χ3v) is 4.04. The molecule has 124 valence electrons. The molecule has 0 atom stereocenters. The zero-order valence-electron chi connectivity index (χ0n) is 12.8. The Morgan fingerprint density at radius 2 is 1.83 bits per heavy atom. The Balaban J connectivity index is 2.59.